The van der Waals surface area contributed by atoms with E-state index in [0.717, 1.165) is 16.9 Å². The second-order valence-corrected chi connectivity index (χ2v) is 8.12. The van der Waals surface area contributed by atoms with E-state index >= 15 is 0 Å². The number of nitrogens with one attached hydrogen (secondary N) is 1. The molecule has 17 heavy (non-hydrogen) atoms. The van der Waals surface area contributed by atoms with Crippen LogP contribution in [0.5, 0.6) is 0 Å². The Balaban J connectivity index is 3.09. The summed E-state index contributed by atoms with van der Waals surface area (Å²) in [5, 5.41) is 0. The lowest BCUT2D eigenvalue weighted by Gasteiger charge is -2.23. The fraction of sp³-hybridized carbons (Fsp3) is 0.444. The predicted molar refractivity (Wildman–Crippen MR) is 75.3 cm³/mol. The van der Waals surface area contributed by atoms with Gasteiger partial charge in [0.15, 0.2) is 0 Å². The van der Waals surface area contributed by atoms with E-state index in [0.29, 0.717) is 4.34 Å². The minimum atomic E-state index is -3.65. The van der Waals surface area contributed by atoms with E-state index in [1.54, 1.807) is 20.8 Å². The lowest BCUT2D eigenvalue weighted by Crippen LogP contribution is -2.51. The Morgan fingerprint density at radius 3 is 2.47 bits per heavy atom. The molecular weight excluding hydrogens is 300 g/mol. The molecule has 0 spiro atoms. The second-order valence-electron chi connectivity index (χ2n) is 4.12. The van der Waals surface area contributed by atoms with E-state index in [9.17, 15) is 8.42 Å². The van der Waals surface area contributed by atoms with Crippen molar-refractivity contribution in [3.05, 3.63) is 16.0 Å². The Morgan fingerprint density at radius 2 is 2.12 bits per heavy atom. The summed E-state index contributed by atoms with van der Waals surface area (Å²) in [6, 6.07) is 1.52. The second kappa shape index (κ2) is 4.81. The molecule has 8 heteroatoms. The first-order valence-corrected chi connectivity index (χ1v) is 7.74. The van der Waals surface area contributed by atoms with Crippen LogP contribution in [0.2, 0.25) is 4.34 Å². The van der Waals surface area contributed by atoms with E-state index < -0.39 is 15.6 Å². The van der Waals surface area contributed by atoms with Crippen LogP contribution in [0.3, 0.4) is 0 Å². The Kier molecular flexibility index (Phi) is 4.20. The van der Waals surface area contributed by atoms with E-state index in [2.05, 4.69) is 4.72 Å². The third-order valence-corrected chi connectivity index (χ3v) is 6.30. The van der Waals surface area contributed by atoms with Crippen molar-refractivity contribution in [2.75, 3.05) is 0 Å². The molecule has 1 aromatic rings. The van der Waals surface area contributed by atoms with Crippen LogP contribution in [0, 0.1) is 6.92 Å². The summed E-state index contributed by atoms with van der Waals surface area (Å²) in [6.45, 7) is 4.96. The van der Waals surface area contributed by atoms with E-state index in [4.69, 9.17) is 29.6 Å². The van der Waals surface area contributed by atoms with Gasteiger partial charge in [0.1, 0.15) is 4.21 Å². The first kappa shape index (κ1) is 14.8. The highest BCUT2D eigenvalue weighted by molar-refractivity contribution is 7.91. The van der Waals surface area contributed by atoms with Crippen LogP contribution in [0.25, 0.3) is 0 Å². The summed E-state index contributed by atoms with van der Waals surface area (Å²) >= 11 is 11.7. The minimum Gasteiger partial charge on any atom is -0.392 e. The van der Waals surface area contributed by atoms with Gasteiger partial charge < -0.3 is 5.73 Å². The molecule has 0 radical (unpaired) electrons. The number of halogens is 1. The van der Waals surface area contributed by atoms with Gasteiger partial charge in [-0.1, -0.05) is 23.8 Å². The highest BCUT2D eigenvalue weighted by Gasteiger charge is 2.30. The van der Waals surface area contributed by atoms with Crippen LogP contribution >= 0.6 is 35.2 Å². The largest absolute Gasteiger partial charge is 0.392 e. The van der Waals surface area contributed by atoms with Crippen molar-refractivity contribution < 1.29 is 8.42 Å². The smallest absolute Gasteiger partial charge is 0.250 e. The first-order chi connectivity index (χ1) is 7.56. The average Bonchev–Trinajstić information content (AvgIpc) is 2.45. The maximum atomic E-state index is 12.0. The molecule has 3 N–H and O–H groups in total. The van der Waals surface area contributed by atoms with Crippen molar-refractivity contribution in [2.24, 2.45) is 5.73 Å². The molecule has 4 nitrogen and oxygen atoms in total. The molecule has 0 amide bonds. The van der Waals surface area contributed by atoms with Crippen LogP contribution in [0.1, 0.15) is 19.4 Å². The monoisotopic (exact) mass is 312 g/mol. The Morgan fingerprint density at radius 1 is 1.59 bits per heavy atom. The predicted octanol–water partition coefficient (Wildman–Crippen LogP) is 2.05. The average molecular weight is 313 g/mol. The molecule has 0 fully saturated rings. The molecule has 1 rings (SSSR count). The quantitative estimate of drug-likeness (QED) is 0.835. The third-order valence-electron chi connectivity index (χ3n) is 2.10. The Labute approximate surface area is 115 Å². The Hall–Kier alpha value is -0.210. The van der Waals surface area contributed by atoms with Crippen molar-refractivity contribution in [1.82, 2.24) is 4.72 Å². The highest BCUT2D eigenvalue weighted by Crippen LogP contribution is 2.30. The summed E-state index contributed by atoms with van der Waals surface area (Å²) in [4.78, 5) is 0.0838. The van der Waals surface area contributed by atoms with Gasteiger partial charge in [0.25, 0.3) is 10.0 Å². The normalized spacial score (nSPS) is 12.7. The standard InChI is InChI=1S/C9H13ClN2O2S3/c1-5-4-6(16-7(5)10)17(13,14)12-9(2,3)8(11)15/h4,12H,1-3H3,(H2,11,15). The van der Waals surface area contributed by atoms with Crippen molar-refractivity contribution in [3.8, 4) is 0 Å². The Bertz CT molecular complexity index is 529. The fourth-order valence-electron chi connectivity index (χ4n) is 1.00. The highest BCUT2D eigenvalue weighted by atomic mass is 35.5. The molecule has 0 aliphatic carbocycles. The van der Waals surface area contributed by atoms with Crippen LogP contribution < -0.4 is 10.5 Å². The molecule has 0 saturated heterocycles. The number of hydrogen-bond acceptors (Lipinski definition) is 4. The summed E-state index contributed by atoms with van der Waals surface area (Å²) in [5.41, 5.74) is 5.23. The lowest BCUT2D eigenvalue weighted by atomic mass is 10.1. The number of rotatable bonds is 4. The maximum absolute atomic E-state index is 12.0. The van der Waals surface area contributed by atoms with Crippen molar-refractivity contribution >= 4 is 50.2 Å². The van der Waals surface area contributed by atoms with Gasteiger partial charge in [-0.3, -0.25) is 0 Å². The molecule has 0 aliphatic rings. The van der Waals surface area contributed by atoms with Crippen LogP contribution in [-0.4, -0.2) is 18.9 Å². The summed E-state index contributed by atoms with van der Waals surface area (Å²) < 4.78 is 27.1. The van der Waals surface area contributed by atoms with Crippen molar-refractivity contribution in [3.63, 3.8) is 0 Å². The molecule has 96 valence electrons. The van der Waals surface area contributed by atoms with Crippen LogP contribution in [0.4, 0.5) is 0 Å². The molecule has 0 bridgehead atoms. The topological polar surface area (TPSA) is 72.2 Å². The van der Waals surface area contributed by atoms with Crippen LogP contribution in [-0.2, 0) is 10.0 Å². The van der Waals surface area contributed by atoms with Crippen molar-refractivity contribution in [2.45, 2.75) is 30.5 Å². The van der Waals surface area contributed by atoms with Crippen LogP contribution in [0.15, 0.2) is 10.3 Å². The van der Waals surface area contributed by atoms with Gasteiger partial charge in [-0.15, -0.1) is 11.3 Å². The maximum Gasteiger partial charge on any atom is 0.250 e. The zero-order chi connectivity index (χ0) is 13.4. The molecule has 1 aromatic heterocycles. The van der Waals surface area contributed by atoms with Gasteiger partial charge in [0.05, 0.1) is 14.9 Å². The number of thiophene rings is 1. The van der Waals surface area contributed by atoms with E-state index in [1.165, 1.54) is 6.07 Å². The van der Waals surface area contributed by atoms with Gasteiger partial charge in [-0.05, 0) is 32.4 Å². The number of sulfonamides is 1. The summed E-state index contributed by atoms with van der Waals surface area (Å²) in [5.74, 6) is 0. The molecule has 0 aromatic carbocycles. The van der Waals surface area contributed by atoms with Gasteiger partial charge >= 0.3 is 0 Å². The van der Waals surface area contributed by atoms with Gasteiger partial charge in [0, 0.05) is 0 Å². The van der Waals surface area contributed by atoms with E-state index in [1.807, 2.05) is 0 Å². The molecule has 0 aliphatic heterocycles. The summed E-state index contributed by atoms with van der Waals surface area (Å²) in [7, 11) is -3.65. The first-order valence-electron chi connectivity index (χ1n) is 4.66. The minimum absolute atomic E-state index is 0.0838. The lowest BCUT2D eigenvalue weighted by molar-refractivity contribution is 0.548. The van der Waals surface area contributed by atoms with E-state index in [-0.39, 0.29) is 9.20 Å². The number of hydrogen-bond donors (Lipinski definition) is 2. The number of nitrogens with two attached hydrogens (primary N) is 1. The zero-order valence-electron chi connectivity index (χ0n) is 9.57. The summed E-state index contributed by atoms with van der Waals surface area (Å²) in [6.07, 6.45) is 0. The molecule has 0 unspecified atom stereocenters. The molecule has 1 heterocycles. The molecule has 0 saturated carbocycles. The van der Waals surface area contributed by atoms with Crippen molar-refractivity contribution in [1.29, 1.82) is 0 Å². The van der Waals surface area contributed by atoms with Gasteiger partial charge in [-0.25, -0.2) is 8.42 Å². The SMILES string of the molecule is Cc1cc(S(=O)(=O)NC(C)(C)C(N)=S)sc1Cl. The molecule has 0 atom stereocenters. The molecular formula is C9H13ClN2O2S3. The zero-order valence-corrected chi connectivity index (χ0v) is 12.8. The number of thiocarbonyl (C=S) groups is 1. The van der Waals surface area contributed by atoms with Gasteiger partial charge in [-0.2, -0.15) is 4.72 Å². The number of aryl methyl sites for hydroxylation is 1. The fourth-order valence-corrected chi connectivity index (χ4v) is 4.22. The third kappa shape index (κ3) is 3.38. The van der Waals surface area contributed by atoms with Gasteiger partial charge in [0.2, 0.25) is 0 Å².